The normalized spacial score (nSPS) is 29.7. The van der Waals surface area contributed by atoms with Gasteiger partial charge >= 0.3 is 0 Å². The second kappa shape index (κ2) is 6.38. The summed E-state index contributed by atoms with van der Waals surface area (Å²) < 4.78 is 22.3. The van der Waals surface area contributed by atoms with E-state index in [4.69, 9.17) is 5.73 Å². The highest BCUT2D eigenvalue weighted by molar-refractivity contribution is 7.90. The van der Waals surface area contributed by atoms with Gasteiger partial charge in [-0.05, 0) is 43.9 Å². The van der Waals surface area contributed by atoms with Crippen LogP contribution in [0.1, 0.15) is 58.8 Å². The van der Waals surface area contributed by atoms with Crippen molar-refractivity contribution in [2.75, 3.05) is 12.0 Å². The van der Waals surface area contributed by atoms with E-state index in [1.165, 1.54) is 25.5 Å². The third-order valence-corrected chi connectivity index (χ3v) is 5.01. The molecule has 0 bridgehead atoms. The minimum Gasteiger partial charge on any atom is -0.325 e. The van der Waals surface area contributed by atoms with Crippen LogP contribution >= 0.6 is 0 Å². The first-order valence-corrected chi connectivity index (χ1v) is 9.23. The highest BCUT2D eigenvalue weighted by atomic mass is 32.2. The fraction of sp³-hybridized carbons (Fsp3) is 1.00. The molecular formula is C14H29NO2S. The van der Waals surface area contributed by atoms with Gasteiger partial charge in [0, 0.05) is 17.5 Å². The molecule has 2 atom stereocenters. The van der Waals surface area contributed by atoms with Crippen molar-refractivity contribution in [1.29, 1.82) is 0 Å². The minimum absolute atomic E-state index is 0.109. The maximum atomic E-state index is 11.1. The van der Waals surface area contributed by atoms with E-state index < -0.39 is 9.84 Å². The Morgan fingerprint density at radius 3 is 2.61 bits per heavy atom. The van der Waals surface area contributed by atoms with Gasteiger partial charge in [-0.2, -0.15) is 0 Å². The second-order valence-electron chi connectivity index (χ2n) is 6.69. The van der Waals surface area contributed by atoms with Crippen molar-refractivity contribution >= 4 is 9.84 Å². The number of hydrogen-bond acceptors (Lipinski definition) is 3. The average molecular weight is 275 g/mol. The maximum absolute atomic E-state index is 11.1. The Labute approximate surface area is 112 Å². The van der Waals surface area contributed by atoms with E-state index in [-0.39, 0.29) is 11.3 Å². The Morgan fingerprint density at radius 1 is 1.39 bits per heavy atom. The lowest BCUT2D eigenvalue weighted by Gasteiger charge is -2.39. The number of sulfone groups is 1. The summed E-state index contributed by atoms with van der Waals surface area (Å²) in [7, 11) is -2.84. The zero-order valence-electron chi connectivity index (χ0n) is 12.1. The zero-order chi connectivity index (χ0) is 13.8. The maximum Gasteiger partial charge on any atom is 0.147 e. The first-order valence-electron chi connectivity index (χ1n) is 7.17. The molecule has 1 fully saturated rings. The highest BCUT2D eigenvalue weighted by Crippen LogP contribution is 2.36. The van der Waals surface area contributed by atoms with Crippen molar-refractivity contribution in [3.8, 4) is 0 Å². The van der Waals surface area contributed by atoms with Gasteiger partial charge in [0.2, 0.25) is 0 Å². The van der Waals surface area contributed by atoms with Gasteiger partial charge in [-0.15, -0.1) is 0 Å². The Bertz CT molecular complexity index is 351. The van der Waals surface area contributed by atoms with Crippen LogP contribution in [0.3, 0.4) is 0 Å². The summed E-state index contributed by atoms with van der Waals surface area (Å²) in [5, 5.41) is 0. The Hall–Kier alpha value is -0.0900. The van der Waals surface area contributed by atoms with Crippen LogP contribution in [0, 0.1) is 11.8 Å². The van der Waals surface area contributed by atoms with Crippen LogP contribution in [-0.4, -0.2) is 26.0 Å². The lowest BCUT2D eigenvalue weighted by atomic mass is 9.72. The van der Waals surface area contributed by atoms with E-state index >= 15 is 0 Å². The van der Waals surface area contributed by atoms with Crippen molar-refractivity contribution in [3.05, 3.63) is 0 Å². The van der Waals surface area contributed by atoms with Gasteiger partial charge in [-0.1, -0.05) is 26.7 Å². The molecule has 0 radical (unpaired) electrons. The molecule has 1 aliphatic rings. The number of hydrogen-bond donors (Lipinski definition) is 1. The highest BCUT2D eigenvalue weighted by Gasteiger charge is 2.32. The number of nitrogens with two attached hydrogens (primary N) is 1. The van der Waals surface area contributed by atoms with Crippen molar-refractivity contribution in [2.45, 2.75) is 64.3 Å². The molecule has 0 spiro atoms. The van der Waals surface area contributed by atoms with Crippen LogP contribution in [-0.2, 0) is 9.84 Å². The molecule has 0 aromatic heterocycles. The minimum atomic E-state index is -2.84. The molecule has 18 heavy (non-hydrogen) atoms. The Kier molecular flexibility index (Phi) is 5.66. The van der Waals surface area contributed by atoms with E-state index in [0.717, 1.165) is 31.1 Å². The predicted molar refractivity (Wildman–Crippen MR) is 77.3 cm³/mol. The van der Waals surface area contributed by atoms with Crippen molar-refractivity contribution in [1.82, 2.24) is 0 Å². The zero-order valence-corrected chi connectivity index (χ0v) is 12.9. The fourth-order valence-corrected chi connectivity index (χ4v) is 3.97. The molecule has 1 rings (SSSR count). The molecule has 0 amide bonds. The summed E-state index contributed by atoms with van der Waals surface area (Å²) in [6, 6.07) is 0. The Balaban J connectivity index is 2.42. The van der Waals surface area contributed by atoms with Crippen LogP contribution < -0.4 is 5.73 Å². The SMILES string of the molecule is CC(C)CC1CCCC(N)(CCCS(C)(=O)=O)C1. The van der Waals surface area contributed by atoms with Gasteiger partial charge in [0.15, 0.2) is 0 Å². The quantitative estimate of drug-likeness (QED) is 0.811. The summed E-state index contributed by atoms with van der Waals surface area (Å²) >= 11 is 0. The smallest absolute Gasteiger partial charge is 0.147 e. The first kappa shape index (κ1) is 16.0. The molecule has 3 nitrogen and oxygen atoms in total. The van der Waals surface area contributed by atoms with E-state index in [1.807, 2.05) is 0 Å². The average Bonchev–Trinajstić information content (AvgIpc) is 2.13. The summed E-state index contributed by atoms with van der Waals surface area (Å²) in [6.45, 7) is 4.52. The van der Waals surface area contributed by atoms with Crippen LogP contribution in [0.2, 0.25) is 0 Å². The van der Waals surface area contributed by atoms with Crippen LogP contribution in [0.15, 0.2) is 0 Å². The van der Waals surface area contributed by atoms with Crippen LogP contribution in [0.4, 0.5) is 0 Å². The molecule has 0 saturated heterocycles. The second-order valence-corrected chi connectivity index (χ2v) is 8.95. The summed E-state index contributed by atoms with van der Waals surface area (Å²) in [5.41, 5.74) is 6.35. The predicted octanol–water partition coefficient (Wildman–Crippen LogP) is 2.75. The van der Waals surface area contributed by atoms with Gasteiger partial charge in [0.05, 0.1) is 0 Å². The lowest BCUT2D eigenvalue weighted by molar-refractivity contribution is 0.191. The van der Waals surface area contributed by atoms with E-state index in [0.29, 0.717) is 6.42 Å². The molecule has 0 aliphatic heterocycles. The Morgan fingerprint density at radius 2 is 2.06 bits per heavy atom. The molecule has 2 N–H and O–H groups in total. The number of rotatable bonds is 6. The van der Waals surface area contributed by atoms with Gasteiger partial charge < -0.3 is 5.73 Å². The van der Waals surface area contributed by atoms with Crippen molar-refractivity contribution < 1.29 is 8.42 Å². The molecule has 108 valence electrons. The third kappa shape index (κ3) is 6.19. The van der Waals surface area contributed by atoms with Crippen LogP contribution in [0.5, 0.6) is 0 Å². The molecule has 0 aromatic rings. The summed E-state index contributed by atoms with van der Waals surface area (Å²) in [5.74, 6) is 1.75. The van der Waals surface area contributed by atoms with Gasteiger partial charge in [-0.3, -0.25) is 0 Å². The van der Waals surface area contributed by atoms with Gasteiger partial charge in [0.25, 0.3) is 0 Å². The summed E-state index contributed by atoms with van der Waals surface area (Å²) in [4.78, 5) is 0. The molecule has 1 aliphatic carbocycles. The molecule has 2 unspecified atom stereocenters. The molecular weight excluding hydrogens is 246 g/mol. The van der Waals surface area contributed by atoms with E-state index in [1.54, 1.807) is 0 Å². The molecule has 0 aromatic carbocycles. The molecule has 1 saturated carbocycles. The standard InChI is InChI=1S/C14H29NO2S/c1-12(2)10-13-6-4-7-14(15,11-13)8-5-9-18(3,16)17/h12-13H,4-11,15H2,1-3H3. The van der Waals surface area contributed by atoms with Crippen LogP contribution in [0.25, 0.3) is 0 Å². The van der Waals surface area contributed by atoms with Gasteiger partial charge in [0.1, 0.15) is 9.84 Å². The van der Waals surface area contributed by atoms with E-state index in [2.05, 4.69) is 13.8 Å². The van der Waals surface area contributed by atoms with Crippen molar-refractivity contribution in [2.24, 2.45) is 17.6 Å². The monoisotopic (exact) mass is 275 g/mol. The van der Waals surface area contributed by atoms with Gasteiger partial charge in [-0.25, -0.2) is 8.42 Å². The fourth-order valence-electron chi connectivity index (χ4n) is 3.30. The lowest BCUT2D eigenvalue weighted by Crippen LogP contribution is -2.44. The molecule has 0 heterocycles. The summed E-state index contributed by atoms with van der Waals surface area (Å²) in [6.07, 6.45) is 8.76. The first-order chi connectivity index (χ1) is 8.20. The van der Waals surface area contributed by atoms with Crippen molar-refractivity contribution in [3.63, 3.8) is 0 Å². The van der Waals surface area contributed by atoms with E-state index in [9.17, 15) is 8.42 Å². The largest absolute Gasteiger partial charge is 0.325 e. The third-order valence-electron chi connectivity index (χ3n) is 3.98. The topological polar surface area (TPSA) is 60.2 Å². The molecule has 4 heteroatoms.